The average molecular weight is 622 g/mol. The van der Waals surface area contributed by atoms with E-state index in [0.717, 1.165) is 12.8 Å². The Labute approximate surface area is 250 Å². The molecule has 2 heterocycles. The van der Waals surface area contributed by atoms with E-state index in [2.05, 4.69) is 10.1 Å². The van der Waals surface area contributed by atoms with Crippen molar-refractivity contribution in [2.24, 2.45) is 17.0 Å². The Morgan fingerprint density at radius 1 is 1.12 bits per heavy atom. The van der Waals surface area contributed by atoms with Gasteiger partial charge in [-0.25, -0.2) is 9.78 Å². The number of alkyl halides is 3. The maximum absolute atomic E-state index is 14.2. The maximum atomic E-state index is 14.2. The molecule has 222 valence electrons. The van der Waals surface area contributed by atoms with Gasteiger partial charge in [0.1, 0.15) is 18.4 Å². The van der Waals surface area contributed by atoms with Crippen LogP contribution in [0.25, 0.3) is 0 Å². The fourth-order valence-corrected chi connectivity index (χ4v) is 6.04. The number of hydrogen-bond acceptors (Lipinski definition) is 6. The average Bonchev–Trinajstić information content (AvgIpc) is 3.66. The van der Waals surface area contributed by atoms with E-state index in [0.29, 0.717) is 38.0 Å². The number of carboxylic acids is 1. The van der Waals surface area contributed by atoms with Crippen molar-refractivity contribution < 1.29 is 32.6 Å². The Morgan fingerprint density at radius 2 is 1.76 bits per heavy atom. The predicted molar refractivity (Wildman–Crippen MR) is 154 cm³/mol. The minimum absolute atomic E-state index is 0.0322. The highest BCUT2D eigenvalue weighted by atomic mass is 35.5. The Morgan fingerprint density at radius 3 is 2.33 bits per heavy atom. The number of anilines is 1. The molecule has 2 atom stereocenters. The summed E-state index contributed by atoms with van der Waals surface area (Å²) in [5.74, 6) is -1.39. The minimum Gasteiger partial charge on any atom is -0.478 e. The lowest BCUT2D eigenvalue weighted by molar-refractivity contribution is -0.140. The van der Waals surface area contributed by atoms with E-state index in [1.165, 1.54) is 24.1 Å². The molecule has 1 N–H and O–H groups in total. The van der Waals surface area contributed by atoms with Crippen molar-refractivity contribution in [2.75, 3.05) is 18.6 Å². The molecule has 1 aliphatic heterocycles. The number of ether oxygens (including phenoxy) is 1. The summed E-state index contributed by atoms with van der Waals surface area (Å²) in [5.41, 5.74) is 1.69. The first-order chi connectivity index (χ1) is 19.8. The van der Waals surface area contributed by atoms with Crippen LogP contribution in [0.3, 0.4) is 0 Å². The molecule has 0 saturated heterocycles. The van der Waals surface area contributed by atoms with Crippen LogP contribution in [0, 0.1) is 25.7 Å². The molecule has 12 heteroatoms. The molecule has 0 amide bonds. The van der Waals surface area contributed by atoms with Crippen LogP contribution in [0.1, 0.15) is 51.1 Å². The van der Waals surface area contributed by atoms with Gasteiger partial charge in [-0.2, -0.15) is 13.2 Å². The summed E-state index contributed by atoms with van der Waals surface area (Å²) in [5, 5.41) is 14.5. The Bertz CT molecular complexity index is 1520. The molecule has 5 rings (SSSR count). The third kappa shape index (κ3) is 6.15. The molecule has 1 fully saturated rings. The van der Waals surface area contributed by atoms with Crippen molar-refractivity contribution in [3.05, 3.63) is 86.0 Å². The number of aromatic carboxylic acids is 1. The minimum atomic E-state index is -4.76. The molecule has 0 spiro atoms. The molecule has 2 aromatic carbocycles. The SMILES string of the molecule is Cc1cc(CN(C)c2ccc(OCC3C(c4c(Cl)cccc4Cl)=NOC3C3CC3)nc2C(F)(F)F)cc(C)c1C(=O)O. The van der Waals surface area contributed by atoms with Crippen molar-refractivity contribution in [3.63, 3.8) is 0 Å². The zero-order valence-corrected chi connectivity index (χ0v) is 24.5. The molecular weight excluding hydrogens is 594 g/mol. The van der Waals surface area contributed by atoms with E-state index in [-0.39, 0.29) is 42.3 Å². The fourth-order valence-electron chi connectivity index (χ4n) is 5.45. The number of aryl methyl sites for hydroxylation is 2. The van der Waals surface area contributed by atoms with E-state index >= 15 is 0 Å². The normalized spacial score (nSPS) is 18.4. The van der Waals surface area contributed by atoms with Crippen LogP contribution in [-0.4, -0.2) is 41.5 Å². The molecule has 1 saturated carbocycles. The van der Waals surface area contributed by atoms with Crippen LogP contribution in [0.5, 0.6) is 5.88 Å². The van der Waals surface area contributed by atoms with Crippen LogP contribution in [0.15, 0.2) is 47.6 Å². The van der Waals surface area contributed by atoms with Gasteiger partial charge in [0, 0.05) is 25.2 Å². The summed E-state index contributed by atoms with van der Waals surface area (Å²) in [7, 11) is 1.52. The highest BCUT2D eigenvalue weighted by molar-refractivity contribution is 6.40. The summed E-state index contributed by atoms with van der Waals surface area (Å²) in [6.45, 7) is 3.39. The topological polar surface area (TPSA) is 84.3 Å². The standard InChI is InChI=1S/C30H28Cl2F3N3O4/c1-15-11-17(12-16(2)24(15)29(39)40)13-38(3)22-9-10-23(36-28(22)30(33,34)35)41-14-19-26(37-42-27(19)18-7-8-18)25-20(31)5-4-6-21(25)32/h4-6,9-12,18-19,27H,7-8,13-14H2,1-3H3,(H,39,40). The summed E-state index contributed by atoms with van der Waals surface area (Å²) in [6, 6.07) is 11.1. The molecule has 1 aromatic heterocycles. The number of rotatable bonds is 9. The lowest BCUT2D eigenvalue weighted by Crippen LogP contribution is -2.32. The summed E-state index contributed by atoms with van der Waals surface area (Å²) in [4.78, 5) is 22.5. The Hall–Kier alpha value is -3.50. The number of oxime groups is 1. The Balaban J connectivity index is 1.38. The van der Waals surface area contributed by atoms with E-state index in [9.17, 15) is 23.1 Å². The van der Waals surface area contributed by atoms with E-state index < -0.39 is 23.8 Å². The molecule has 42 heavy (non-hydrogen) atoms. The second kappa shape index (κ2) is 11.6. The number of halogens is 5. The third-order valence-corrected chi connectivity index (χ3v) is 8.12. The molecule has 1 aliphatic carbocycles. The first-order valence-corrected chi connectivity index (χ1v) is 14.0. The highest BCUT2D eigenvalue weighted by Gasteiger charge is 2.46. The van der Waals surface area contributed by atoms with Crippen LogP contribution in [-0.2, 0) is 17.6 Å². The van der Waals surface area contributed by atoms with Crippen molar-refractivity contribution in [3.8, 4) is 5.88 Å². The number of hydrogen-bond donors (Lipinski definition) is 1. The molecule has 2 unspecified atom stereocenters. The first-order valence-electron chi connectivity index (χ1n) is 13.3. The van der Waals surface area contributed by atoms with Gasteiger partial charge in [-0.1, -0.05) is 46.6 Å². The Kier molecular flexibility index (Phi) is 8.31. The van der Waals surface area contributed by atoms with Crippen LogP contribution in [0.2, 0.25) is 10.0 Å². The number of pyridine rings is 1. The predicted octanol–water partition coefficient (Wildman–Crippen LogP) is 7.57. The van der Waals surface area contributed by atoms with Gasteiger partial charge in [0.25, 0.3) is 0 Å². The number of carboxylic acid groups (broad SMARTS) is 1. The lowest BCUT2D eigenvalue weighted by atomic mass is 9.90. The molecule has 3 aromatic rings. The monoisotopic (exact) mass is 621 g/mol. The van der Waals surface area contributed by atoms with Crippen molar-refractivity contribution >= 4 is 40.6 Å². The summed E-state index contributed by atoms with van der Waals surface area (Å²) < 4.78 is 48.5. The number of benzene rings is 2. The molecule has 7 nitrogen and oxygen atoms in total. The van der Waals surface area contributed by atoms with Crippen molar-refractivity contribution in [1.29, 1.82) is 0 Å². The number of carbonyl (C=O) groups is 1. The molecular formula is C30H28Cl2F3N3O4. The second-order valence-electron chi connectivity index (χ2n) is 10.7. The van der Waals surface area contributed by atoms with Crippen molar-refractivity contribution in [2.45, 2.75) is 45.5 Å². The zero-order valence-electron chi connectivity index (χ0n) is 23.0. The number of nitrogens with zero attached hydrogens (tertiary/aromatic N) is 3. The fraction of sp³-hybridized carbons (Fsp3) is 0.367. The quantitative estimate of drug-likeness (QED) is 0.265. The van der Waals surface area contributed by atoms with Gasteiger partial charge in [-0.05, 0) is 67.5 Å². The second-order valence-corrected chi connectivity index (χ2v) is 11.5. The van der Waals surface area contributed by atoms with E-state index in [1.807, 2.05) is 0 Å². The molecule has 0 radical (unpaired) electrons. The lowest BCUT2D eigenvalue weighted by Gasteiger charge is -2.24. The zero-order chi connectivity index (χ0) is 30.3. The van der Waals surface area contributed by atoms with Gasteiger partial charge in [0.15, 0.2) is 5.69 Å². The summed E-state index contributed by atoms with van der Waals surface area (Å²) >= 11 is 12.8. The third-order valence-electron chi connectivity index (χ3n) is 7.49. The largest absolute Gasteiger partial charge is 0.478 e. The smallest absolute Gasteiger partial charge is 0.435 e. The van der Waals surface area contributed by atoms with Crippen LogP contribution < -0.4 is 9.64 Å². The molecule has 0 bridgehead atoms. The van der Waals surface area contributed by atoms with Crippen molar-refractivity contribution in [1.82, 2.24) is 4.98 Å². The van der Waals surface area contributed by atoms with E-state index in [4.69, 9.17) is 32.8 Å². The van der Waals surface area contributed by atoms with Gasteiger partial charge in [0.05, 0.1) is 27.2 Å². The highest BCUT2D eigenvalue weighted by Crippen LogP contribution is 2.43. The van der Waals surface area contributed by atoms with Crippen LogP contribution in [0.4, 0.5) is 18.9 Å². The van der Waals surface area contributed by atoms with Gasteiger partial charge >= 0.3 is 12.1 Å². The van der Waals surface area contributed by atoms with Gasteiger partial charge < -0.3 is 19.6 Å². The summed E-state index contributed by atoms with van der Waals surface area (Å²) in [6.07, 6.45) is -3.16. The van der Waals surface area contributed by atoms with Crippen LogP contribution >= 0.6 is 23.2 Å². The number of aromatic nitrogens is 1. The van der Waals surface area contributed by atoms with E-state index in [1.54, 1.807) is 44.2 Å². The molecule has 2 aliphatic rings. The first kappa shape index (κ1) is 30.0. The van der Waals surface area contributed by atoms with Gasteiger partial charge in [-0.15, -0.1) is 0 Å². The maximum Gasteiger partial charge on any atom is 0.435 e. The van der Waals surface area contributed by atoms with Gasteiger partial charge in [0.2, 0.25) is 5.88 Å². The van der Waals surface area contributed by atoms with Gasteiger partial charge in [-0.3, -0.25) is 0 Å².